The fourth-order valence-electron chi connectivity index (χ4n) is 0.758. The van der Waals surface area contributed by atoms with E-state index in [0.29, 0.717) is 0 Å². The van der Waals surface area contributed by atoms with Crippen LogP contribution in [-0.2, 0) is 28.8 Å². The summed E-state index contributed by atoms with van der Waals surface area (Å²) in [5.41, 5.74) is 0. The van der Waals surface area contributed by atoms with E-state index in [-0.39, 0.29) is 93.0 Å². The van der Waals surface area contributed by atoms with E-state index in [1.165, 1.54) is 0 Å². The first-order valence-electron chi connectivity index (χ1n) is 6.49. The quantitative estimate of drug-likeness (QED) is 0.140. The van der Waals surface area contributed by atoms with Crippen molar-refractivity contribution in [1.29, 1.82) is 0 Å². The van der Waals surface area contributed by atoms with E-state index in [9.17, 15) is 28.8 Å². The number of aliphatic hydroxyl groups is 3. The Hall–Kier alpha value is -0.300. The molecule has 0 aromatic carbocycles. The van der Waals surface area contributed by atoms with Crippen LogP contribution in [0, 0.1) is 0 Å². The van der Waals surface area contributed by atoms with E-state index >= 15 is 0 Å². The van der Waals surface area contributed by atoms with Crippen LogP contribution in [0.1, 0.15) is 23.5 Å². The number of hydrogen-bond acceptors (Lipinski definition) is 9. The summed E-state index contributed by atoms with van der Waals surface area (Å²) >= 11 is 0. The molecule has 0 aliphatic heterocycles. The molecule has 0 spiro atoms. The minimum Gasteiger partial charge on any atom is -1.00 e. The summed E-state index contributed by atoms with van der Waals surface area (Å²) in [5, 5.41) is 72.4. The molecule has 0 rings (SSSR count). The molecule has 0 bridgehead atoms. The number of hydrogen-bond donors (Lipinski definition) is 9. The summed E-state index contributed by atoms with van der Waals surface area (Å²) in [5.74, 6) is -8.54. The van der Waals surface area contributed by atoms with Gasteiger partial charge in [-0.05, 0) is 0 Å². The van der Waals surface area contributed by atoms with Gasteiger partial charge in [0.05, 0.1) is 19.3 Å². The molecule has 15 nitrogen and oxygen atoms in total. The first kappa shape index (κ1) is 43.6. The van der Waals surface area contributed by atoms with Crippen molar-refractivity contribution in [1.82, 2.24) is 0 Å². The maximum atomic E-state index is 9.72. The topological polar surface area (TPSA) is 284 Å². The first-order valence-corrected chi connectivity index (χ1v) is 6.49. The molecular weight excluding hydrogens is 453 g/mol. The summed E-state index contributed by atoms with van der Waals surface area (Å²) in [6.45, 7) is 0. The largest absolute Gasteiger partial charge is 1.00 e. The molecule has 0 amide bonds. The first-order chi connectivity index (χ1) is 12.1. The van der Waals surface area contributed by atoms with Gasteiger partial charge in [-0.25, -0.2) is 14.4 Å². The molecule has 0 heterocycles. The maximum absolute atomic E-state index is 9.72. The van der Waals surface area contributed by atoms with Crippen LogP contribution in [0.2, 0.25) is 0 Å². The van der Waals surface area contributed by atoms with Crippen LogP contribution in [0.4, 0.5) is 0 Å². The van der Waals surface area contributed by atoms with E-state index in [2.05, 4.69) is 0 Å². The van der Waals surface area contributed by atoms with Gasteiger partial charge in [-0.15, -0.1) is 0 Å². The fraction of sp³-hybridized carbons (Fsp3) is 0.500. The van der Waals surface area contributed by atoms with Crippen LogP contribution in [0.25, 0.3) is 0 Å². The third kappa shape index (κ3) is 35.2. The Morgan fingerprint density at radius 1 is 0.467 bits per heavy atom. The number of rotatable bonds is 9. The van der Waals surface area contributed by atoms with Gasteiger partial charge in [-0.1, -0.05) is 0 Å². The zero-order valence-corrected chi connectivity index (χ0v) is 22.3. The molecule has 0 aromatic heterocycles. The molecule has 0 aliphatic carbocycles. The van der Waals surface area contributed by atoms with Gasteiger partial charge in [0.25, 0.3) is 0 Å². The van der Waals surface area contributed by atoms with Crippen molar-refractivity contribution in [2.45, 2.75) is 37.6 Å². The van der Waals surface area contributed by atoms with Gasteiger partial charge in [-0.3, -0.25) is 14.4 Å². The average molecular weight is 474 g/mol. The van der Waals surface area contributed by atoms with E-state index in [4.69, 9.17) is 46.0 Å². The number of carboxylic acids is 6. The summed E-state index contributed by atoms with van der Waals surface area (Å²) in [6, 6.07) is 0. The van der Waals surface area contributed by atoms with Gasteiger partial charge in [-0.2, -0.15) is 0 Å². The van der Waals surface area contributed by atoms with Gasteiger partial charge < -0.3 is 50.2 Å². The molecule has 0 fully saturated rings. The second kappa shape index (κ2) is 25.0. The van der Waals surface area contributed by atoms with Crippen LogP contribution in [0.15, 0.2) is 0 Å². The average Bonchev–Trinajstić information content (AvgIpc) is 2.46. The Bertz CT molecular complexity index is 491. The third-order valence-electron chi connectivity index (χ3n) is 1.96. The molecule has 0 aliphatic rings. The van der Waals surface area contributed by atoms with Crippen LogP contribution in [0.3, 0.4) is 0 Å². The van der Waals surface area contributed by atoms with E-state index < -0.39 is 73.4 Å². The summed E-state index contributed by atoms with van der Waals surface area (Å²) in [7, 11) is 0. The number of carbonyl (C=O) groups is 6. The van der Waals surface area contributed by atoms with Crippen molar-refractivity contribution in [3.05, 3.63) is 0 Å². The predicted molar refractivity (Wildman–Crippen MR) is 81.0 cm³/mol. The summed E-state index contributed by atoms with van der Waals surface area (Å²) in [4.78, 5) is 58.2. The van der Waals surface area contributed by atoms with E-state index in [1.54, 1.807) is 0 Å². The molecule has 162 valence electrons. The smallest absolute Gasteiger partial charge is 1.00 e. The number of aliphatic hydroxyl groups excluding tert-OH is 3. The Morgan fingerprint density at radius 3 is 0.633 bits per heavy atom. The predicted octanol–water partition coefficient (Wildman–Crippen LogP) is -11.9. The number of carboxylic acid groups (broad SMARTS) is 6. The molecule has 30 heavy (non-hydrogen) atoms. The van der Waals surface area contributed by atoms with Crippen LogP contribution < -0.4 is 88.7 Å². The molecule has 9 N–H and O–H groups in total. The van der Waals surface area contributed by atoms with E-state index in [0.717, 1.165) is 0 Å². The third-order valence-corrected chi connectivity index (χ3v) is 1.96. The maximum Gasteiger partial charge on any atom is 1.00 e. The molecule has 18 heteroatoms. The SMILES string of the molecule is O=C(O)CC(O)C(=O)O.O=C(O)CC(O)C(=O)O.O=C(O)CC(O)C(=O)O.[H-].[H-].[H-].[Na+].[Na+].[Na+]. The normalized spacial score (nSPS) is 11.3. The van der Waals surface area contributed by atoms with Crippen LogP contribution in [0.5, 0.6) is 0 Å². The van der Waals surface area contributed by atoms with Gasteiger partial charge in [0.1, 0.15) is 0 Å². The molecule has 3 unspecified atom stereocenters. The molecule has 0 aromatic rings. The van der Waals surface area contributed by atoms with Crippen LogP contribution in [-0.4, -0.2) is 100 Å². The minimum atomic E-state index is -1.79. The van der Waals surface area contributed by atoms with Gasteiger partial charge in [0.15, 0.2) is 18.3 Å². The second-order valence-electron chi connectivity index (χ2n) is 4.36. The Kier molecular flexibility index (Phi) is 36.2. The zero-order chi connectivity index (χ0) is 22.3. The standard InChI is InChI=1S/3C4H6O5.3Na.3H/c3*5-2(4(8)9)1-3(6)7;;;;;;/h3*2,5H,1H2,(H,6,7)(H,8,9);;;;;;/q;;;3*+1;3*-1. The summed E-state index contributed by atoms with van der Waals surface area (Å²) < 4.78 is 0. The molecule has 3 atom stereocenters. The monoisotopic (exact) mass is 474 g/mol. The summed E-state index contributed by atoms with van der Waals surface area (Å²) in [6.07, 6.45) is -7.63. The Balaban J connectivity index is -0.0000000343. The number of aliphatic carboxylic acids is 6. The van der Waals surface area contributed by atoms with Crippen molar-refractivity contribution in [2.75, 3.05) is 0 Å². The van der Waals surface area contributed by atoms with Crippen molar-refractivity contribution in [3.8, 4) is 0 Å². The minimum absolute atomic E-state index is 0. The van der Waals surface area contributed by atoms with Crippen LogP contribution >= 0.6 is 0 Å². The van der Waals surface area contributed by atoms with Crippen molar-refractivity contribution < 1.29 is 168 Å². The van der Waals surface area contributed by atoms with Gasteiger partial charge in [0, 0.05) is 0 Å². The van der Waals surface area contributed by atoms with Crippen molar-refractivity contribution in [3.63, 3.8) is 0 Å². The van der Waals surface area contributed by atoms with Crippen molar-refractivity contribution >= 4 is 35.8 Å². The Morgan fingerprint density at radius 2 is 0.600 bits per heavy atom. The van der Waals surface area contributed by atoms with E-state index in [1.807, 2.05) is 0 Å². The van der Waals surface area contributed by atoms with Gasteiger partial charge >= 0.3 is 124 Å². The fourth-order valence-corrected chi connectivity index (χ4v) is 0.758. The second-order valence-corrected chi connectivity index (χ2v) is 4.36. The molecule has 0 saturated carbocycles. The molecule has 0 saturated heterocycles. The molecule has 0 radical (unpaired) electrons. The Labute approximate surface area is 239 Å². The molecular formula is C12H21Na3O15. The van der Waals surface area contributed by atoms with Gasteiger partial charge in [0.2, 0.25) is 0 Å². The zero-order valence-electron chi connectivity index (χ0n) is 19.3. The van der Waals surface area contributed by atoms with Crippen molar-refractivity contribution in [2.24, 2.45) is 0 Å².